The van der Waals surface area contributed by atoms with Crippen LogP contribution in [0.4, 0.5) is 5.69 Å². The van der Waals surface area contributed by atoms with Gasteiger partial charge in [-0.2, -0.15) is 0 Å². The lowest BCUT2D eigenvalue weighted by Crippen LogP contribution is -2.13. The lowest BCUT2D eigenvalue weighted by Gasteiger charge is -2.12. The van der Waals surface area contributed by atoms with Gasteiger partial charge in [-0.05, 0) is 68.1 Å². The number of oxime groups is 1. The summed E-state index contributed by atoms with van der Waals surface area (Å²) in [6, 6.07) is 11.7. The van der Waals surface area contributed by atoms with Crippen LogP contribution in [0.3, 0.4) is 0 Å². The standard InChI is InChI=1S/C15H15Br2N3O/c1-9-5-12(16)14(13(17)6-9)19-8-10-3-2-4-11(7-10)15(18)20-21/h2-7,19,21H,8H2,1H3,(H2,18,20). The molecule has 0 heterocycles. The molecule has 0 unspecified atom stereocenters. The fourth-order valence-corrected chi connectivity index (χ4v) is 3.65. The average molecular weight is 413 g/mol. The molecule has 110 valence electrons. The average Bonchev–Trinajstić information content (AvgIpc) is 2.45. The predicted molar refractivity (Wildman–Crippen MR) is 92.9 cm³/mol. The minimum absolute atomic E-state index is 0.106. The normalized spacial score (nSPS) is 11.5. The van der Waals surface area contributed by atoms with E-state index in [1.54, 1.807) is 6.07 Å². The van der Waals surface area contributed by atoms with E-state index < -0.39 is 0 Å². The molecule has 6 heteroatoms. The molecule has 0 saturated carbocycles. The fraction of sp³-hybridized carbons (Fsp3) is 0.133. The van der Waals surface area contributed by atoms with Crippen molar-refractivity contribution in [1.29, 1.82) is 0 Å². The molecule has 0 aromatic heterocycles. The smallest absolute Gasteiger partial charge is 0.170 e. The van der Waals surface area contributed by atoms with Crippen molar-refractivity contribution >= 4 is 43.4 Å². The maximum Gasteiger partial charge on any atom is 0.170 e. The van der Waals surface area contributed by atoms with Gasteiger partial charge in [-0.25, -0.2) is 0 Å². The van der Waals surface area contributed by atoms with Crippen molar-refractivity contribution in [3.05, 3.63) is 62.0 Å². The molecule has 0 bridgehead atoms. The van der Waals surface area contributed by atoms with E-state index in [2.05, 4.69) is 54.5 Å². The molecule has 0 amide bonds. The molecule has 4 N–H and O–H groups in total. The maximum atomic E-state index is 8.72. The summed E-state index contributed by atoms with van der Waals surface area (Å²) in [5.41, 5.74) is 9.50. The second-order valence-corrected chi connectivity index (χ2v) is 6.35. The van der Waals surface area contributed by atoms with Gasteiger partial charge >= 0.3 is 0 Å². The van der Waals surface area contributed by atoms with Crippen LogP contribution in [0.25, 0.3) is 0 Å². The highest BCUT2D eigenvalue weighted by Gasteiger charge is 2.06. The summed E-state index contributed by atoms with van der Waals surface area (Å²) in [7, 11) is 0. The lowest BCUT2D eigenvalue weighted by atomic mass is 10.1. The van der Waals surface area contributed by atoms with E-state index in [1.807, 2.05) is 25.1 Å². The Morgan fingerprint density at radius 2 is 1.90 bits per heavy atom. The van der Waals surface area contributed by atoms with Crippen LogP contribution in [-0.2, 0) is 6.54 Å². The van der Waals surface area contributed by atoms with Crippen molar-refractivity contribution in [2.75, 3.05) is 5.32 Å². The number of nitrogens with zero attached hydrogens (tertiary/aromatic N) is 1. The van der Waals surface area contributed by atoms with Crippen LogP contribution in [0.2, 0.25) is 0 Å². The number of nitrogens with two attached hydrogens (primary N) is 1. The number of hydrogen-bond acceptors (Lipinski definition) is 3. The Kier molecular flexibility index (Phi) is 5.25. The number of anilines is 1. The van der Waals surface area contributed by atoms with Gasteiger partial charge in [0.15, 0.2) is 5.84 Å². The van der Waals surface area contributed by atoms with Crippen molar-refractivity contribution < 1.29 is 5.21 Å². The van der Waals surface area contributed by atoms with E-state index >= 15 is 0 Å². The quantitative estimate of drug-likeness (QED) is 0.304. The molecular formula is C15H15Br2N3O. The summed E-state index contributed by atoms with van der Waals surface area (Å²) >= 11 is 7.11. The Morgan fingerprint density at radius 3 is 2.52 bits per heavy atom. The van der Waals surface area contributed by atoms with E-state index in [0.29, 0.717) is 12.1 Å². The van der Waals surface area contributed by atoms with Crippen LogP contribution in [0.5, 0.6) is 0 Å². The van der Waals surface area contributed by atoms with Gasteiger partial charge in [0.05, 0.1) is 5.69 Å². The molecule has 21 heavy (non-hydrogen) atoms. The van der Waals surface area contributed by atoms with E-state index in [4.69, 9.17) is 10.9 Å². The Morgan fingerprint density at radius 1 is 1.24 bits per heavy atom. The molecule has 2 rings (SSSR count). The molecule has 0 aliphatic heterocycles. The highest BCUT2D eigenvalue weighted by atomic mass is 79.9. The topological polar surface area (TPSA) is 70.6 Å². The van der Waals surface area contributed by atoms with Crippen molar-refractivity contribution in [1.82, 2.24) is 0 Å². The Labute approximate surface area is 140 Å². The molecule has 4 nitrogen and oxygen atoms in total. The van der Waals surface area contributed by atoms with Crippen LogP contribution < -0.4 is 11.1 Å². The lowest BCUT2D eigenvalue weighted by molar-refractivity contribution is 0.318. The second-order valence-electron chi connectivity index (χ2n) is 4.64. The largest absolute Gasteiger partial charge is 0.409 e. The zero-order valence-electron chi connectivity index (χ0n) is 11.4. The van der Waals surface area contributed by atoms with Crippen molar-refractivity contribution in [3.63, 3.8) is 0 Å². The van der Waals surface area contributed by atoms with E-state index in [9.17, 15) is 0 Å². The first-order valence-corrected chi connectivity index (χ1v) is 7.86. The number of aryl methyl sites for hydroxylation is 1. The summed E-state index contributed by atoms with van der Waals surface area (Å²) in [6.07, 6.45) is 0. The molecule has 2 aromatic rings. The van der Waals surface area contributed by atoms with Gasteiger partial charge in [-0.1, -0.05) is 23.4 Å². The van der Waals surface area contributed by atoms with Gasteiger partial charge in [0.1, 0.15) is 0 Å². The second kappa shape index (κ2) is 6.95. The Bertz CT molecular complexity index is 663. The third-order valence-electron chi connectivity index (χ3n) is 2.99. The third-order valence-corrected chi connectivity index (χ3v) is 4.24. The number of halogens is 2. The maximum absolute atomic E-state index is 8.72. The first kappa shape index (κ1) is 15.9. The molecule has 0 aliphatic carbocycles. The molecule has 0 radical (unpaired) electrons. The first-order valence-electron chi connectivity index (χ1n) is 6.27. The minimum Gasteiger partial charge on any atom is -0.409 e. The third kappa shape index (κ3) is 3.98. The molecule has 0 atom stereocenters. The number of nitrogens with one attached hydrogen (secondary N) is 1. The summed E-state index contributed by atoms with van der Waals surface area (Å²) in [6.45, 7) is 2.67. The Hall–Kier alpha value is -1.53. The zero-order chi connectivity index (χ0) is 15.4. The van der Waals surface area contributed by atoms with E-state index in [-0.39, 0.29) is 5.84 Å². The molecule has 0 saturated heterocycles. The predicted octanol–water partition coefficient (Wildman–Crippen LogP) is 4.23. The SMILES string of the molecule is Cc1cc(Br)c(NCc2cccc(C(N)=NO)c2)c(Br)c1. The first-order chi connectivity index (χ1) is 10.0. The molecule has 0 fully saturated rings. The summed E-state index contributed by atoms with van der Waals surface area (Å²) in [4.78, 5) is 0. The number of rotatable bonds is 4. The van der Waals surface area contributed by atoms with Gasteiger partial charge in [0, 0.05) is 21.1 Å². The van der Waals surface area contributed by atoms with Crippen LogP contribution in [-0.4, -0.2) is 11.0 Å². The molecule has 0 aliphatic rings. The van der Waals surface area contributed by atoms with Crippen LogP contribution in [0.1, 0.15) is 16.7 Å². The molecule has 2 aromatic carbocycles. The molecule has 0 spiro atoms. The number of amidine groups is 1. The van der Waals surface area contributed by atoms with Gasteiger partial charge in [0.25, 0.3) is 0 Å². The minimum atomic E-state index is 0.106. The monoisotopic (exact) mass is 411 g/mol. The van der Waals surface area contributed by atoms with Crippen molar-refractivity contribution in [2.45, 2.75) is 13.5 Å². The van der Waals surface area contributed by atoms with Crippen LogP contribution in [0.15, 0.2) is 50.5 Å². The summed E-state index contributed by atoms with van der Waals surface area (Å²) < 4.78 is 2.00. The summed E-state index contributed by atoms with van der Waals surface area (Å²) in [5, 5.41) is 15.1. The highest BCUT2D eigenvalue weighted by molar-refractivity contribution is 9.11. The Balaban J connectivity index is 2.17. The fourth-order valence-electron chi connectivity index (χ4n) is 1.96. The number of hydrogen-bond donors (Lipinski definition) is 3. The van der Waals surface area contributed by atoms with Crippen LogP contribution >= 0.6 is 31.9 Å². The van der Waals surface area contributed by atoms with Gasteiger partial charge < -0.3 is 16.3 Å². The molecular weight excluding hydrogens is 398 g/mol. The number of benzene rings is 2. The van der Waals surface area contributed by atoms with Gasteiger partial charge in [-0.15, -0.1) is 0 Å². The van der Waals surface area contributed by atoms with E-state index in [0.717, 1.165) is 20.2 Å². The van der Waals surface area contributed by atoms with Gasteiger partial charge in [-0.3, -0.25) is 0 Å². The summed E-state index contributed by atoms with van der Waals surface area (Å²) in [5.74, 6) is 0.106. The van der Waals surface area contributed by atoms with Crippen molar-refractivity contribution in [3.8, 4) is 0 Å². The highest BCUT2D eigenvalue weighted by Crippen LogP contribution is 2.32. The van der Waals surface area contributed by atoms with Crippen molar-refractivity contribution in [2.24, 2.45) is 10.9 Å². The van der Waals surface area contributed by atoms with E-state index in [1.165, 1.54) is 5.56 Å². The zero-order valence-corrected chi connectivity index (χ0v) is 14.6. The van der Waals surface area contributed by atoms with Crippen LogP contribution in [0, 0.1) is 6.92 Å². The van der Waals surface area contributed by atoms with Gasteiger partial charge in [0.2, 0.25) is 0 Å².